The highest BCUT2D eigenvalue weighted by molar-refractivity contribution is 5.83. The van der Waals surface area contributed by atoms with Gasteiger partial charge < -0.3 is 19.3 Å². The fourth-order valence-electron chi connectivity index (χ4n) is 4.24. The molecule has 2 aliphatic rings. The summed E-state index contributed by atoms with van der Waals surface area (Å²) < 4.78 is 7.69. The zero-order valence-electron chi connectivity index (χ0n) is 14.7. The van der Waals surface area contributed by atoms with Crippen molar-refractivity contribution in [2.45, 2.75) is 44.4 Å². The zero-order chi connectivity index (χ0) is 18.1. The molecule has 138 valence electrons. The van der Waals surface area contributed by atoms with Crippen LogP contribution in [0.3, 0.4) is 0 Å². The topological polar surface area (TPSA) is 71.8 Å². The van der Waals surface area contributed by atoms with E-state index in [2.05, 4.69) is 0 Å². The van der Waals surface area contributed by atoms with Crippen LogP contribution in [0.15, 0.2) is 36.5 Å². The first-order valence-corrected chi connectivity index (χ1v) is 9.32. The highest BCUT2D eigenvalue weighted by Crippen LogP contribution is 2.32. The molecule has 0 aliphatic carbocycles. The van der Waals surface area contributed by atoms with Crippen molar-refractivity contribution in [2.75, 3.05) is 13.1 Å². The van der Waals surface area contributed by atoms with Crippen LogP contribution in [0, 0.1) is 5.92 Å². The number of hydrogen-bond acceptors (Lipinski definition) is 3. The summed E-state index contributed by atoms with van der Waals surface area (Å²) in [6.07, 6.45) is 4.52. The normalized spacial score (nSPS) is 24.2. The fraction of sp³-hybridized carbons (Fsp3) is 0.500. The number of aliphatic carboxylic acids is 1. The molecule has 2 atom stereocenters. The summed E-state index contributed by atoms with van der Waals surface area (Å²) in [6.45, 7) is 1.81. The predicted octanol–water partition coefficient (Wildman–Crippen LogP) is 2.51. The number of rotatable bonds is 4. The minimum Gasteiger partial charge on any atom is -0.479 e. The first kappa shape index (κ1) is 17.1. The van der Waals surface area contributed by atoms with Gasteiger partial charge in [0, 0.05) is 24.8 Å². The number of carbonyl (C=O) groups is 2. The Balaban J connectivity index is 1.32. The van der Waals surface area contributed by atoms with Crippen LogP contribution in [0.1, 0.15) is 25.7 Å². The average molecular weight is 356 g/mol. The van der Waals surface area contributed by atoms with Gasteiger partial charge in [-0.2, -0.15) is 0 Å². The Bertz CT molecular complexity index is 807. The number of aromatic nitrogens is 1. The lowest BCUT2D eigenvalue weighted by molar-refractivity contribution is -0.151. The maximum atomic E-state index is 12.7. The number of carboxylic acids is 1. The summed E-state index contributed by atoms with van der Waals surface area (Å²) in [4.78, 5) is 25.6. The van der Waals surface area contributed by atoms with Crippen molar-refractivity contribution in [1.29, 1.82) is 0 Å². The van der Waals surface area contributed by atoms with Crippen molar-refractivity contribution in [3.63, 3.8) is 0 Å². The van der Waals surface area contributed by atoms with E-state index in [1.807, 2.05) is 46.0 Å². The summed E-state index contributed by atoms with van der Waals surface area (Å²) in [5.41, 5.74) is 1.08. The highest BCUT2D eigenvalue weighted by Gasteiger charge is 2.37. The quantitative estimate of drug-likeness (QED) is 0.914. The summed E-state index contributed by atoms with van der Waals surface area (Å²) in [5.74, 6) is -0.365. The molecule has 4 rings (SSSR count). The standard InChI is InChI=1S/C20H24N2O4/c23-19(13-22-12-7-14-3-1-2-4-16(14)22)21-10-8-15(9-11-21)17-5-6-18(26-17)20(24)25/h1-4,7,12,15,17-18H,5-6,8-11,13H2,(H,24,25)/t17-,18+/m0/s1. The van der Waals surface area contributed by atoms with Gasteiger partial charge in [-0.1, -0.05) is 18.2 Å². The van der Waals surface area contributed by atoms with Gasteiger partial charge in [-0.05, 0) is 49.1 Å². The van der Waals surface area contributed by atoms with Gasteiger partial charge in [-0.15, -0.1) is 0 Å². The first-order chi connectivity index (χ1) is 12.6. The monoisotopic (exact) mass is 356 g/mol. The molecule has 2 fully saturated rings. The zero-order valence-corrected chi connectivity index (χ0v) is 14.7. The van der Waals surface area contributed by atoms with E-state index < -0.39 is 12.1 Å². The number of carbonyl (C=O) groups excluding carboxylic acids is 1. The average Bonchev–Trinajstić information content (AvgIpc) is 3.30. The number of nitrogens with zero attached hydrogens (tertiary/aromatic N) is 2. The van der Waals surface area contributed by atoms with E-state index in [1.165, 1.54) is 0 Å². The molecular weight excluding hydrogens is 332 g/mol. The van der Waals surface area contributed by atoms with E-state index >= 15 is 0 Å². The van der Waals surface area contributed by atoms with Gasteiger partial charge >= 0.3 is 5.97 Å². The number of para-hydroxylation sites is 1. The third-order valence-corrected chi connectivity index (χ3v) is 5.73. The number of benzene rings is 1. The van der Waals surface area contributed by atoms with E-state index in [0.29, 0.717) is 18.9 Å². The van der Waals surface area contributed by atoms with E-state index in [9.17, 15) is 9.59 Å². The maximum Gasteiger partial charge on any atom is 0.332 e. The predicted molar refractivity (Wildman–Crippen MR) is 96.8 cm³/mol. The lowest BCUT2D eigenvalue weighted by Crippen LogP contribution is -2.42. The van der Waals surface area contributed by atoms with Crippen molar-refractivity contribution in [3.8, 4) is 0 Å². The Labute approximate surface area is 152 Å². The summed E-state index contributed by atoms with van der Waals surface area (Å²) >= 11 is 0. The largest absolute Gasteiger partial charge is 0.479 e. The van der Waals surface area contributed by atoms with Crippen molar-refractivity contribution in [3.05, 3.63) is 36.5 Å². The molecule has 1 aromatic heterocycles. The van der Waals surface area contributed by atoms with Crippen LogP contribution in [-0.4, -0.2) is 51.7 Å². The smallest absolute Gasteiger partial charge is 0.332 e. The van der Waals surface area contributed by atoms with Gasteiger partial charge in [-0.3, -0.25) is 4.79 Å². The number of likely N-dealkylation sites (tertiary alicyclic amines) is 1. The second-order valence-electron chi connectivity index (χ2n) is 7.30. The van der Waals surface area contributed by atoms with Crippen LogP contribution < -0.4 is 0 Å². The molecule has 1 N–H and O–H groups in total. The van der Waals surface area contributed by atoms with Gasteiger partial charge in [0.05, 0.1) is 6.10 Å². The minimum absolute atomic E-state index is 0.0294. The van der Waals surface area contributed by atoms with Crippen molar-refractivity contribution in [1.82, 2.24) is 9.47 Å². The van der Waals surface area contributed by atoms with Gasteiger partial charge in [-0.25, -0.2) is 4.79 Å². The molecule has 0 unspecified atom stereocenters. The molecule has 0 spiro atoms. The van der Waals surface area contributed by atoms with Gasteiger partial charge in [0.25, 0.3) is 0 Å². The van der Waals surface area contributed by atoms with Crippen molar-refractivity contribution >= 4 is 22.8 Å². The van der Waals surface area contributed by atoms with Crippen LogP contribution in [0.4, 0.5) is 0 Å². The molecule has 6 heteroatoms. The molecule has 0 bridgehead atoms. The van der Waals surface area contributed by atoms with Gasteiger partial charge in [0.1, 0.15) is 6.54 Å². The molecule has 2 aromatic rings. The Kier molecular flexibility index (Phi) is 4.68. The Morgan fingerprint density at radius 2 is 1.85 bits per heavy atom. The summed E-state index contributed by atoms with van der Waals surface area (Å²) in [5, 5.41) is 10.2. The Morgan fingerprint density at radius 1 is 1.08 bits per heavy atom. The van der Waals surface area contributed by atoms with E-state index in [-0.39, 0.29) is 12.0 Å². The second kappa shape index (κ2) is 7.11. The summed E-state index contributed by atoms with van der Waals surface area (Å²) in [6, 6.07) is 10.1. The molecule has 0 saturated carbocycles. The van der Waals surface area contributed by atoms with Gasteiger partial charge in [0.15, 0.2) is 6.10 Å². The van der Waals surface area contributed by atoms with Crippen LogP contribution in [0.25, 0.3) is 10.9 Å². The lowest BCUT2D eigenvalue weighted by Gasteiger charge is -2.34. The number of amides is 1. The van der Waals surface area contributed by atoms with Crippen LogP contribution in [-0.2, 0) is 20.9 Å². The minimum atomic E-state index is -0.862. The molecular formula is C20H24N2O4. The summed E-state index contributed by atoms with van der Waals surface area (Å²) in [7, 11) is 0. The molecule has 2 aliphatic heterocycles. The molecule has 26 heavy (non-hydrogen) atoms. The molecule has 1 amide bonds. The molecule has 2 saturated heterocycles. The second-order valence-corrected chi connectivity index (χ2v) is 7.30. The van der Waals surface area contributed by atoms with E-state index in [0.717, 1.165) is 43.3 Å². The number of fused-ring (bicyclic) bond motifs is 1. The Morgan fingerprint density at radius 3 is 2.58 bits per heavy atom. The number of hydrogen-bond donors (Lipinski definition) is 1. The maximum absolute atomic E-state index is 12.7. The van der Waals surface area contributed by atoms with Crippen LogP contribution >= 0.6 is 0 Å². The molecule has 1 aromatic carbocycles. The van der Waals surface area contributed by atoms with Crippen molar-refractivity contribution < 1.29 is 19.4 Å². The highest BCUT2D eigenvalue weighted by atomic mass is 16.5. The number of piperidine rings is 1. The third-order valence-electron chi connectivity index (χ3n) is 5.73. The molecule has 6 nitrogen and oxygen atoms in total. The molecule has 0 radical (unpaired) electrons. The number of ether oxygens (including phenoxy) is 1. The molecule has 3 heterocycles. The Hall–Kier alpha value is -2.34. The lowest BCUT2D eigenvalue weighted by atomic mass is 9.89. The van der Waals surface area contributed by atoms with Crippen LogP contribution in [0.2, 0.25) is 0 Å². The van der Waals surface area contributed by atoms with Crippen LogP contribution in [0.5, 0.6) is 0 Å². The van der Waals surface area contributed by atoms with Crippen molar-refractivity contribution in [2.24, 2.45) is 5.92 Å². The third kappa shape index (κ3) is 3.33. The fourth-order valence-corrected chi connectivity index (χ4v) is 4.24. The van der Waals surface area contributed by atoms with E-state index in [1.54, 1.807) is 0 Å². The van der Waals surface area contributed by atoms with Gasteiger partial charge in [0.2, 0.25) is 5.91 Å². The van der Waals surface area contributed by atoms with E-state index in [4.69, 9.17) is 9.84 Å². The number of carboxylic acid groups (broad SMARTS) is 1. The first-order valence-electron chi connectivity index (χ1n) is 9.32. The SMILES string of the molecule is O=C(O)[C@H]1CC[C@@H](C2CCN(C(=O)Cn3ccc4ccccc43)CC2)O1.